The van der Waals surface area contributed by atoms with E-state index in [-0.39, 0.29) is 6.42 Å². The quantitative estimate of drug-likeness (QED) is 0.644. The SMILES string of the molecule is CCC(=O)N(CC(=O)O)C(C)=O. The number of nitrogens with zero attached hydrogens (tertiary/aromatic N) is 1. The number of imide groups is 1. The molecular formula is C7H11NO4. The molecule has 0 unspecified atom stereocenters. The van der Waals surface area contributed by atoms with E-state index in [9.17, 15) is 14.4 Å². The molecule has 0 rings (SSSR count). The molecule has 0 radical (unpaired) electrons. The molecular weight excluding hydrogens is 162 g/mol. The lowest BCUT2D eigenvalue weighted by atomic mass is 10.3. The Kier molecular flexibility index (Phi) is 3.96. The van der Waals surface area contributed by atoms with Crippen LogP contribution >= 0.6 is 0 Å². The van der Waals surface area contributed by atoms with Crippen LogP contribution in [0.25, 0.3) is 0 Å². The average Bonchev–Trinajstić information content (AvgIpc) is 1.98. The van der Waals surface area contributed by atoms with Crippen LogP contribution in [0.1, 0.15) is 20.3 Å². The van der Waals surface area contributed by atoms with Crippen molar-refractivity contribution in [2.75, 3.05) is 6.54 Å². The molecule has 0 fully saturated rings. The molecule has 0 saturated carbocycles. The van der Waals surface area contributed by atoms with Gasteiger partial charge in [0.15, 0.2) is 0 Å². The van der Waals surface area contributed by atoms with Crippen LogP contribution in [0.3, 0.4) is 0 Å². The molecule has 5 nitrogen and oxygen atoms in total. The Balaban J connectivity index is 4.33. The zero-order chi connectivity index (χ0) is 9.72. The first kappa shape index (κ1) is 10.6. The summed E-state index contributed by atoms with van der Waals surface area (Å²) in [6, 6.07) is 0. The van der Waals surface area contributed by atoms with Gasteiger partial charge >= 0.3 is 5.97 Å². The molecule has 0 aromatic heterocycles. The summed E-state index contributed by atoms with van der Waals surface area (Å²) in [4.78, 5) is 32.6. The van der Waals surface area contributed by atoms with E-state index in [4.69, 9.17) is 5.11 Å². The number of carbonyl (C=O) groups excluding carboxylic acids is 2. The lowest BCUT2D eigenvalue weighted by molar-refractivity contribution is -0.151. The minimum Gasteiger partial charge on any atom is -0.480 e. The summed E-state index contributed by atoms with van der Waals surface area (Å²) in [7, 11) is 0. The van der Waals surface area contributed by atoms with Gasteiger partial charge in [0.2, 0.25) is 11.8 Å². The van der Waals surface area contributed by atoms with Crippen LogP contribution in [-0.4, -0.2) is 34.3 Å². The molecule has 0 aliphatic rings. The van der Waals surface area contributed by atoms with Gasteiger partial charge < -0.3 is 5.11 Å². The number of carbonyl (C=O) groups is 3. The summed E-state index contributed by atoms with van der Waals surface area (Å²) in [6.07, 6.45) is 0.132. The van der Waals surface area contributed by atoms with Crippen molar-refractivity contribution in [3.8, 4) is 0 Å². The molecule has 0 aromatic rings. The Labute approximate surface area is 70.0 Å². The van der Waals surface area contributed by atoms with E-state index in [0.717, 1.165) is 6.92 Å². The topological polar surface area (TPSA) is 74.7 Å². The fourth-order valence-corrected chi connectivity index (χ4v) is 0.701. The molecule has 68 valence electrons. The van der Waals surface area contributed by atoms with E-state index in [1.54, 1.807) is 6.92 Å². The molecule has 12 heavy (non-hydrogen) atoms. The van der Waals surface area contributed by atoms with Crippen molar-refractivity contribution in [1.29, 1.82) is 0 Å². The lowest BCUT2D eigenvalue weighted by Gasteiger charge is -2.14. The summed E-state index contributed by atoms with van der Waals surface area (Å²) in [5, 5.41) is 8.33. The molecule has 0 bridgehead atoms. The molecule has 0 aromatic carbocycles. The Morgan fingerprint density at radius 1 is 1.33 bits per heavy atom. The number of hydrogen-bond acceptors (Lipinski definition) is 3. The zero-order valence-corrected chi connectivity index (χ0v) is 7.03. The van der Waals surface area contributed by atoms with E-state index < -0.39 is 24.3 Å². The third kappa shape index (κ3) is 3.14. The van der Waals surface area contributed by atoms with Gasteiger partial charge in [0.25, 0.3) is 0 Å². The van der Waals surface area contributed by atoms with Gasteiger partial charge in [0.1, 0.15) is 6.54 Å². The van der Waals surface area contributed by atoms with Gasteiger partial charge in [-0.15, -0.1) is 0 Å². The molecule has 0 aliphatic carbocycles. The number of aliphatic carboxylic acids is 1. The normalized spacial score (nSPS) is 9.17. The molecule has 1 N–H and O–H groups in total. The first-order valence-electron chi connectivity index (χ1n) is 3.51. The molecule has 2 amide bonds. The maximum absolute atomic E-state index is 10.9. The molecule has 0 spiro atoms. The van der Waals surface area contributed by atoms with Crippen molar-refractivity contribution < 1.29 is 19.5 Å². The highest BCUT2D eigenvalue weighted by Gasteiger charge is 2.18. The van der Waals surface area contributed by atoms with Gasteiger partial charge in [-0.1, -0.05) is 6.92 Å². The number of carboxylic acid groups (broad SMARTS) is 1. The van der Waals surface area contributed by atoms with Crippen molar-refractivity contribution in [2.24, 2.45) is 0 Å². The van der Waals surface area contributed by atoms with Crippen LogP contribution in [0, 0.1) is 0 Å². The van der Waals surface area contributed by atoms with Crippen LogP contribution in [0.5, 0.6) is 0 Å². The Morgan fingerprint density at radius 3 is 2.08 bits per heavy atom. The van der Waals surface area contributed by atoms with Crippen molar-refractivity contribution in [1.82, 2.24) is 4.90 Å². The fraction of sp³-hybridized carbons (Fsp3) is 0.571. The second kappa shape index (κ2) is 4.48. The number of hydrogen-bond donors (Lipinski definition) is 1. The van der Waals surface area contributed by atoms with Gasteiger partial charge in [0.05, 0.1) is 0 Å². The Bertz CT molecular complexity index is 211. The van der Waals surface area contributed by atoms with E-state index in [0.29, 0.717) is 4.90 Å². The molecule has 0 aliphatic heterocycles. The number of rotatable bonds is 3. The van der Waals surface area contributed by atoms with Crippen LogP contribution in [-0.2, 0) is 14.4 Å². The highest BCUT2D eigenvalue weighted by atomic mass is 16.4. The average molecular weight is 173 g/mol. The summed E-state index contributed by atoms with van der Waals surface area (Å²) in [5.74, 6) is -2.19. The maximum atomic E-state index is 10.9. The standard InChI is InChI=1S/C7H11NO4/c1-3-6(10)8(5(2)9)4-7(11)12/h3-4H2,1-2H3,(H,11,12). The molecule has 0 atom stereocenters. The molecule has 0 saturated heterocycles. The van der Waals surface area contributed by atoms with E-state index in [2.05, 4.69) is 0 Å². The third-order valence-corrected chi connectivity index (χ3v) is 1.28. The van der Waals surface area contributed by atoms with Crippen LogP contribution in [0.15, 0.2) is 0 Å². The highest BCUT2D eigenvalue weighted by Crippen LogP contribution is 1.94. The maximum Gasteiger partial charge on any atom is 0.323 e. The Morgan fingerprint density at radius 2 is 1.83 bits per heavy atom. The highest BCUT2D eigenvalue weighted by molar-refractivity contribution is 5.96. The fourth-order valence-electron chi connectivity index (χ4n) is 0.701. The molecule has 0 heterocycles. The zero-order valence-electron chi connectivity index (χ0n) is 7.03. The monoisotopic (exact) mass is 173 g/mol. The number of carboxylic acids is 1. The van der Waals surface area contributed by atoms with Crippen molar-refractivity contribution in [3.63, 3.8) is 0 Å². The molecule has 5 heteroatoms. The van der Waals surface area contributed by atoms with Gasteiger partial charge in [-0.3, -0.25) is 19.3 Å². The summed E-state index contributed by atoms with van der Waals surface area (Å²) >= 11 is 0. The number of amides is 2. The predicted octanol–water partition coefficient (Wildman–Crippen LogP) is -0.144. The van der Waals surface area contributed by atoms with Crippen LogP contribution in [0.2, 0.25) is 0 Å². The van der Waals surface area contributed by atoms with Gasteiger partial charge in [-0.2, -0.15) is 0 Å². The minimum absolute atomic E-state index is 0.132. The van der Waals surface area contributed by atoms with Crippen LogP contribution in [0.4, 0.5) is 0 Å². The van der Waals surface area contributed by atoms with Crippen molar-refractivity contribution in [2.45, 2.75) is 20.3 Å². The summed E-state index contributed by atoms with van der Waals surface area (Å²) in [5.41, 5.74) is 0. The summed E-state index contributed by atoms with van der Waals surface area (Å²) in [6.45, 7) is 2.18. The minimum atomic E-state index is -1.19. The van der Waals surface area contributed by atoms with Crippen molar-refractivity contribution >= 4 is 17.8 Å². The van der Waals surface area contributed by atoms with Gasteiger partial charge in [-0.25, -0.2) is 0 Å². The van der Waals surface area contributed by atoms with E-state index in [1.807, 2.05) is 0 Å². The van der Waals surface area contributed by atoms with Gasteiger partial charge in [0, 0.05) is 13.3 Å². The lowest BCUT2D eigenvalue weighted by Crippen LogP contribution is -2.38. The van der Waals surface area contributed by atoms with Crippen LogP contribution < -0.4 is 0 Å². The smallest absolute Gasteiger partial charge is 0.323 e. The second-order valence-electron chi connectivity index (χ2n) is 2.25. The predicted molar refractivity (Wildman–Crippen MR) is 40.3 cm³/mol. The van der Waals surface area contributed by atoms with Crippen molar-refractivity contribution in [3.05, 3.63) is 0 Å². The second-order valence-corrected chi connectivity index (χ2v) is 2.25. The third-order valence-electron chi connectivity index (χ3n) is 1.28. The van der Waals surface area contributed by atoms with E-state index >= 15 is 0 Å². The van der Waals surface area contributed by atoms with E-state index in [1.165, 1.54) is 0 Å². The first-order valence-corrected chi connectivity index (χ1v) is 3.51. The summed E-state index contributed by atoms with van der Waals surface area (Å²) < 4.78 is 0. The van der Waals surface area contributed by atoms with Gasteiger partial charge in [-0.05, 0) is 0 Å². The largest absolute Gasteiger partial charge is 0.480 e. The Hall–Kier alpha value is -1.39. The first-order chi connectivity index (χ1) is 5.49.